The van der Waals surface area contributed by atoms with Gasteiger partial charge in [0.15, 0.2) is 5.65 Å². The number of hydrogen-bond acceptors (Lipinski definition) is 5. The summed E-state index contributed by atoms with van der Waals surface area (Å²) in [5.41, 5.74) is 5.62. The molecule has 0 aliphatic rings. The van der Waals surface area contributed by atoms with Crippen LogP contribution in [0.1, 0.15) is 28.9 Å². The first-order valence-electron chi connectivity index (χ1n) is 11.0. The topological polar surface area (TPSA) is 106 Å². The molecule has 2 aromatic carbocycles. The number of halogens is 1. The third-order valence-corrected chi connectivity index (χ3v) is 7.27. The molecule has 0 unspecified atom stereocenters. The minimum Gasteiger partial charge on any atom is -0.326 e. The summed E-state index contributed by atoms with van der Waals surface area (Å²) in [6.45, 7) is 5.92. The zero-order chi connectivity index (χ0) is 25.3. The van der Waals surface area contributed by atoms with Crippen LogP contribution in [-0.2, 0) is 28.3 Å². The number of carbonyl (C=O) groups is 1. The molecule has 1 amide bonds. The number of aryl methyl sites for hydroxylation is 4. The van der Waals surface area contributed by atoms with E-state index in [2.05, 4.69) is 20.1 Å². The number of pyridine rings is 1. The zero-order valence-corrected chi connectivity index (χ0v) is 20.7. The maximum Gasteiger partial charge on any atom is 0.261 e. The average molecular weight is 496 g/mol. The first-order chi connectivity index (χ1) is 16.5. The third-order valence-electron chi connectivity index (χ3n) is 5.88. The van der Waals surface area contributed by atoms with Gasteiger partial charge in [0.25, 0.3) is 10.0 Å². The molecule has 0 aliphatic carbocycles. The van der Waals surface area contributed by atoms with Crippen LogP contribution in [0.5, 0.6) is 0 Å². The van der Waals surface area contributed by atoms with Crippen LogP contribution in [0.4, 0.5) is 15.8 Å². The van der Waals surface area contributed by atoms with Crippen molar-refractivity contribution in [3.8, 4) is 0 Å². The van der Waals surface area contributed by atoms with Crippen LogP contribution in [0.3, 0.4) is 0 Å². The standard InChI is InChI=1S/C25H26FN5O3S/c1-15-22(16(2)27-25-24(15)17(3)29-31(25)4)13-14-23(32)28-19-7-9-20(10-8-19)30-35(33,34)21-11-5-18(26)6-12-21/h5-12,30H,13-14H2,1-4H3,(H,28,32). The van der Waals surface area contributed by atoms with E-state index in [1.165, 1.54) is 12.1 Å². The molecule has 2 aromatic heterocycles. The highest BCUT2D eigenvalue weighted by Gasteiger charge is 2.17. The Hall–Kier alpha value is -3.79. The second kappa shape index (κ2) is 9.46. The number of sulfonamides is 1. The van der Waals surface area contributed by atoms with Gasteiger partial charge in [-0.25, -0.2) is 17.8 Å². The van der Waals surface area contributed by atoms with Gasteiger partial charge in [0.05, 0.1) is 10.6 Å². The monoisotopic (exact) mass is 495 g/mol. The summed E-state index contributed by atoms with van der Waals surface area (Å²) >= 11 is 0. The van der Waals surface area contributed by atoms with Crippen LogP contribution >= 0.6 is 0 Å². The molecule has 2 N–H and O–H groups in total. The van der Waals surface area contributed by atoms with Crippen LogP contribution in [-0.4, -0.2) is 29.1 Å². The van der Waals surface area contributed by atoms with Gasteiger partial charge in [-0.05, 0) is 86.8 Å². The second-order valence-corrected chi connectivity index (χ2v) is 10.1. The molecule has 4 aromatic rings. The molecule has 2 heterocycles. The Morgan fingerprint density at radius 3 is 2.26 bits per heavy atom. The van der Waals surface area contributed by atoms with Crippen molar-refractivity contribution in [2.75, 3.05) is 10.0 Å². The highest BCUT2D eigenvalue weighted by Crippen LogP contribution is 2.26. The van der Waals surface area contributed by atoms with Crippen molar-refractivity contribution in [3.63, 3.8) is 0 Å². The summed E-state index contributed by atoms with van der Waals surface area (Å²) in [6.07, 6.45) is 0.809. The number of nitrogens with zero attached hydrogens (tertiary/aromatic N) is 3. The van der Waals surface area contributed by atoms with Crippen molar-refractivity contribution in [2.24, 2.45) is 7.05 Å². The van der Waals surface area contributed by atoms with Crippen molar-refractivity contribution < 1.29 is 17.6 Å². The molecule has 35 heavy (non-hydrogen) atoms. The van der Waals surface area contributed by atoms with E-state index >= 15 is 0 Å². The molecule has 0 atom stereocenters. The molecule has 0 saturated heterocycles. The number of benzene rings is 2. The molecule has 4 rings (SSSR count). The lowest BCUT2D eigenvalue weighted by Gasteiger charge is -2.12. The zero-order valence-electron chi connectivity index (χ0n) is 19.9. The Morgan fingerprint density at radius 2 is 1.60 bits per heavy atom. The molecule has 0 spiro atoms. The van der Waals surface area contributed by atoms with Gasteiger partial charge in [-0.1, -0.05) is 0 Å². The fraction of sp³-hybridized carbons (Fsp3) is 0.240. The minimum atomic E-state index is -3.85. The summed E-state index contributed by atoms with van der Waals surface area (Å²) in [5.74, 6) is -0.676. The van der Waals surface area contributed by atoms with Crippen molar-refractivity contribution in [1.29, 1.82) is 0 Å². The maximum absolute atomic E-state index is 13.1. The van der Waals surface area contributed by atoms with E-state index in [0.717, 1.165) is 45.7 Å². The number of rotatable bonds is 7. The van der Waals surface area contributed by atoms with Gasteiger partial charge in [-0.3, -0.25) is 14.2 Å². The van der Waals surface area contributed by atoms with Crippen molar-refractivity contribution in [2.45, 2.75) is 38.5 Å². The first-order valence-corrected chi connectivity index (χ1v) is 12.5. The van der Waals surface area contributed by atoms with Crippen molar-refractivity contribution >= 4 is 38.3 Å². The van der Waals surface area contributed by atoms with Crippen LogP contribution in [0, 0.1) is 26.6 Å². The van der Waals surface area contributed by atoms with E-state index in [1.54, 1.807) is 28.9 Å². The minimum absolute atomic E-state index is 0.0454. The van der Waals surface area contributed by atoms with Crippen LogP contribution in [0.15, 0.2) is 53.4 Å². The molecular weight excluding hydrogens is 469 g/mol. The van der Waals surface area contributed by atoms with Gasteiger partial charge < -0.3 is 5.32 Å². The Balaban J connectivity index is 1.39. The molecule has 0 bridgehead atoms. The van der Waals surface area contributed by atoms with Crippen LogP contribution in [0.2, 0.25) is 0 Å². The number of nitrogens with one attached hydrogen (secondary N) is 2. The second-order valence-electron chi connectivity index (χ2n) is 8.39. The number of aromatic nitrogens is 3. The Bertz CT molecular complexity index is 1510. The molecule has 182 valence electrons. The summed E-state index contributed by atoms with van der Waals surface area (Å²) in [5, 5.41) is 8.31. The molecule has 0 radical (unpaired) electrons. The van der Waals surface area contributed by atoms with Crippen molar-refractivity contribution in [3.05, 3.63) is 76.9 Å². The average Bonchev–Trinajstić information content (AvgIpc) is 3.08. The van der Waals surface area contributed by atoms with Gasteiger partial charge in [0.1, 0.15) is 5.82 Å². The summed E-state index contributed by atoms with van der Waals surface area (Å²) in [7, 11) is -1.98. The van der Waals surface area contributed by atoms with Gasteiger partial charge in [0, 0.05) is 35.9 Å². The normalized spacial score (nSPS) is 11.6. The smallest absolute Gasteiger partial charge is 0.261 e. The molecule has 10 heteroatoms. The lowest BCUT2D eigenvalue weighted by atomic mass is 9.99. The number of hydrogen-bond donors (Lipinski definition) is 2. The van der Waals surface area contributed by atoms with Crippen molar-refractivity contribution in [1.82, 2.24) is 14.8 Å². The van der Waals surface area contributed by atoms with Gasteiger partial charge >= 0.3 is 0 Å². The highest BCUT2D eigenvalue weighted by molar-refractivity contribution is 7.92. The lowest BCUT2D eigenvalue weighted by Crippen LogP contribution is -2.14. The first kappa shape index (κ1) is 24.3. The summed E-state index contributed by atoms with van der Waals surface area (Å²) in [6, 6.07) is 10.9. The molecule has 0 fully saturated rings. The Kier molecular flexibility index (Phi) is 6.58. The fourth-order valence-corrected chi connectivity index (χ4v) is 5.20. The molecule has 0 saturated carbocycles. The lowest BCUT2D eigenvalue weighted by molar-refractivity contribution is -0.116. The van der Waals surface area contributed by atoms with E-state index in [9.17, 15) is 17.6 Å². The fourth-order valence-electron chi connectivity index (χ4n) is 4.14. The van der Waals surface area contributed by atoms with E-state index in [1.807, 2.05) is 27.8 Å². The SMILES string of the molecule is Cc1nc2c(c(C)nn2C)c(C)c1CCC(=O)Nc1ccc(NS(=O)(=O)c2ccc(F)cc2)cc1. The summed E-state index contributed by atoms with van der Waals surface area (Å²) in [4.78, 5) is 17.2. The largest absolute Gasteiger partial charge is 0.326 e. The molecule has 8 nitrogen and oxygen atoms in total. The van der Waals surface area contributed by atoms with E-state index in [-0.39, 0.29) is 17.2 Å². The molecule has 0 aliphatic heterocycles. The van der Waals surface area contributed by atoms with E-state index < -0.39 is 15.8 Å². The highest BCUT2D eigenvalue weighted by atomic mass is 32.2. The molecular formula is C25H26FN5O3S. The van der Waals surface area contributed by atoms with Gasteiger partial charge in [-0.15, -0.1) is 0 Å². The van der Waals surface area contributed by atoms with E-state index in [0.29, 0.717) is 17.8 Å². The predicted molar refractivity (Wildman–Crippen MR) is 133 cm³/mol. The predicted octanol–water partition coefficient (Wildman–Crippen LogP) is 4.40. The Morgan fingerprint density at radius 1 is 0.971 bits per heavy atom. The quantitative estimate of drug-likeness (QED) is 0.395. The van der Waals surface area contributed by atoms with E-state index in [4.69, 9.17) is 0 Å². The Labute approximate surface area is 203 Å². The maximum atomic E-state index is 13.1. The number of anilines is 2. The van der Waals surface area contributed by atoms with Crippen LogP contribution < -0.4 is 10.0 Å². The number of carbonyl (C=O) groups excluding carboxylic acids is 1. The number of fused-ring (bicyclic) bond motifs is 1. The van der Waals surface area contributed by atoms with Gasteiger partial charge in [0.2, 0.25) is 5.91 Å². The van der Waals surface area contributed by atoms with Gasteiger partial charge in [-0.2, -0.15) is 5.10 Å². The summed E-state index contributed by atoms with van der Waals surface area (Å²) < 4.78 is 42.2. The number of amides is 1. The van der Waals surface area contributed by atoms with Crippen LogP contribution in [0.25, 0.3) is 11.0 Å². The third kappa shape index (κ3) is 5.17.